The first-order valence-electron chi connectivity index (χ1n) is 10.4. The quantitative estimate of drug-likeness (QED) is 0.562. The maximum Gasteiger partial charge on any atom is 0.272 e. The molecule has 1 saturated heterocycles. The highest BCUT2D eigenvalue weighted by Gasteiger charge is 2.25. The summed E-state index contributed by atoms with van der Waals surface area (Å²) in [4.78, 5) is 24.0. The summed E-state index contributed by atoms with van der Waals surface area (Å²) in [5.74, 6) is 2.16. The molecule has 6 nitrogen and oxygen atoms in total. The van der Waals surface area contributed by atoms with Crippen molar-refractivity contribution in [2.24, 2.45) is 5.92 Å². The Balaban J connectivity index is 1.20. The van der Waals surface area contributed by atoms with Gasteiger partial charge in [0, 0.05) is 30.5 Å². The summed E-state index contributed by atoms with van der Waals surface area (Å²) in [5.41, 5.74) is 2.40. The first-order chi connectivity index (χ1) is 14.8. The Morgan fingerprint density at radius 3 is 2.53 bits per heavy atom. The fourth-order valence-corrected chi connectivity index (χ4v) is 4.06. The molecule has 0 atom stereocenters. The monoisotopic (exact) mass is 397 g/mol. The lowest BCUT2D eigenvalue weighted by molar-refractivity contribution is 0.0684. The molecule has 1 amide bonds. The van der Waals surface area contributed by atoms with E-state index in [4.69, 9.17) is 0 Å². The molecule has 1 aliphatic heterocycles. The van der Waals surface area contributed by atoms with E-state index in [2.05, 4.69) is 20.2 Å². The number of piperidine rings is 1. The number of H-pyrrole nitrogens is 1. The van der Waals surface area contributed by atoms with Crippen molar-refractivity contribution in [1.29, 1.82) is 0 Å². The summed E-state index contributed by atoms with van der Waals surface area (Å²) in [7, 11) is 0. The van der Waals surface area contributed by atoms with Crippen LogP contribution < -0.4 is 0 Å². The third-order valence-electron chi connectivity index (χ3n) is 5.77. The molecule has 0 spiro atoms. The van der Waals surface area contributed by atoms with Gasteiger partial charge in [-0.25, -0.2) is 9.97 Å². The van der Waals surface area contributed by atoms with Crippen molar-refractivity contribution in [2.75, 3.05) is 13.1 Å². The van der Waals surface area contributed by atoms with Gasteiger partial charge in [0.2, 0.25) is 0 Å². The molecule has 0 aliphatic carbocycles. The number of nitrogens with one attached hydrogen (secondary N) is 1. The van der Waals surface area contributed by atoms with Crippen LogP contribution in [0.1, 0.15) is 29.2 Å². The fourth-order valence-electron chi connectivity index (χ4n) is 4.06. The lowest BCUT2D eigenvalue weighted by atomic mass is 9.93. The van der Waals surface area contributed by atoms with Crippen molar-refractivity contribution in [3.8, 4) is 11.4 Å². The second kappa shape index (κ2) is 8.06. The largest absolute Gasteiger partial charge is 0.337 e. The van der Waals surface area contributed by atoms with Gasteiger partial charge in [0.25, 0.3) is 5.91 Å². The van der Waals surface area contributed by atoms with Crippen LogP contribution in [-0.2, 0) is 6.42 Å². The van der Waals surface area contributed by atoms with E-state index in [1.165, 1.54) is 0 Å². The van der Waals surface area contributed by atoms with Crippen molar-refractivity contribution in [1.82, 2.24) is 25.1 Å². The van der Waals surface area contributed by atoms with Crippen LogP contribution in [0.3, 0.4) is 0 Å². The van der Waals surface area contributed by atoms with E-state index in [9.17, 15) is 4.79 Å². The molecule has 2 aromatic carbocycles. The van der Waals surface area contributed by atoms with Crippen molar-refractivity contribution in [3.63, 3.8) is 0 Å². The Morgan fingerprint density at radius 2 is 1.70 bits per heavy atom. The fraction of sp³-hybridized carbons (Fsp3) is 0.250. The molecule has 5 rings (SSSR count). The Hall–Kier alpha value is -3.54. The lowest BCUT2D eigenvalue weighted by Gasteiger charge is -2.31. The minimum absolute atomic E-state index is 0.0187. The van der Waals surface area contributed by atoms with Gasteiger partial charge < -0.3 is 4.90 Å². The Labute approximate surface area is 175 Å². The zero-order chi connectivity index (χ0) is 20.3. The van der Waals surface area contributed by atoms with Crippen molar-refractivity contribution in [3.05, 3.63) is 78.2 Å². The molecule has 0 radical (unpaired) electrons. The molecule has 0 bridgehead atoms. The van der Waals surface area contributed by atoms with Crippen LogP contribution in [-0.4, -0.2) is 44.1 Å². The van der Waals surface area contributed by atoms with Gasteiger partial charge in [0.15, 0.2) is 5.82 Å². The third-order valence-corrected chi connectivity index (χ3v) is 5.77. The summed E-state index contributed by atoms with van der Waals surface area (Å²) in [6.07, 6.45) is 2.78. The minimum Gasteiger partial charge on any atom is -0.337 e. The van der Waals surface area contributed by atoms with Crippen LogP contribution >= 0.6 is 0 Å². The maximum absolute atomic E-state index is 12.9. The normalized spacial score (nSPS) is 14.9. The second-order valence-electron chi connectivity index (χ2n) is 7.80. The zero-order valence-corrected chi connectivity index (χ0v) is 16.7. The summed E-state index contributed by atoms with van der Waals surface area (Å²) in [5, 5.41) is 8.48. The summed E-state index contributed by atoms with van der Waals surface area (Å²) in [6, 6.07) is 21.7. The number of fused-ring (bicyclic) bond motifs is 1. The number of nitrogens with zero attached hydrogens (tertiary/aromatic N) is 4. The number of para-hydroxylation sites is 1. The second-order valence-corrected chi connectivity index (χ2v) is 7.80. The number of aromatic nitrogens is 4. The zero-order valence-electron chi connectivity index (χ0n) is 16.7. The number of hydrogen-bond acceptors (Lipinski definition) is 4. The number of likely N-dealkylation sites (tertiary alicyclic amines) is 1. The molecule has 2 aromatic heterocycles. The Morgan fingerprint density at radius 1 is 0.933 bits per heavy atom. The topological polar surface area (TPSA) is 74.8 Å². The highest BCUT2D eigenvalue weighted by atomic mass is 16.2. The van der Waals surface area contributed by atoms with E-state index in [0.29, 0.717) is 11.6 Å². The molecule has 6 heteroatoms. The first-order valence-corrected chi connectivity index (χ1v) is 10.4. The van der Waals surface area contributed by atoms with Crippen molar-refractivity contribution >= 4 is 16.8 Å². The number of pyridine rings is 1. The molecule has 1 N–H and O–H groups in total. The van der Waals surface area contributed by atoms with Crippen LogP contribution in [0.4, 0.5) is 0 Å². The first kappa shape index (κ1) is 18.5. The van der Waals surface area contributed by atoms with E-state index in [1.807, 2.05) is 71.6 Å². The molecular weight excluding hydrogens is 374 g/mol. The predicted molar refractivity (Wildman–Crippen MR) is 116 cm³/mol. The molecule has 1 fully saturated rings. The molecule has 30 heavy (non-hydrogen) atoms. The van der Waals surface area contributed by atoms with Crippen molar-refractivity contribution in [2.45, 2.75) is 19.3 Å². The maximum atomic E-state index is 12.9. The van der Waals surface area contributed by atoms with Gasteiger partial charge in [-0.3, -0.25) is 9.89 Å². The SMILES string of the molecule is O=C(c1ccc2ccccc2n1)N1CCC(Cc2nc(-c3ccccc3)n[nH]2)CC1. The van der Waals surface area contributed by atoms with Crippen LogP contribution in [0, 0.1) is 5.92 Å². The van der Waals surface area contributed by atoms with Gasteiger partial charge in [0.1, 0.15) is 11.5 Å². The molecule has 0 unspecified atom stereocenters. The number of hydrogen-bond donors (Lipinski definition) is 1. The van der Waals surface area contributed by atoms with Gasteiger partial charge in [0.05, 0.1) is 5.52 Å². The number of amides is 1. The average molecular weight is 397 g/mol. The number of benzene rings is 2. The summed E-state index contributed by atoms with van der Waals surface area (Å²) < 4.78 is 0. The molecule has 4 aromatic rings. The van der Waals surface area contributed by atoms with Crippen LogP contribution in [0.2, 0.25) is 0 Å². The van der Waals surface area contributed by atoms with E-state index < -0.39 is 0 Å². The molecule has 1 aliphatic rings. The Kier molecular flexibility index (Phi) is 4.97. The molecule has 0 saturated carbocycles. The number of rotatable bonds is 4. The van der Waals surface area contributed by atoms with Crippen LogP contribution in [0.25, 0.3) is 22.3 Å². The van der Waals surface area contributed by atoms with Gasteiger partial charge in [-0.1, -0.05) is 54.6 Å². The van der Waals surface area contributed by atoms with E-state index in [1.54, 1.807) is 0 Å². The lowest BCUT2D eigenvalue weighted by Crippen LogP contribution is -2.39. The van der Waals surface area contributed by atoms with E-state index >= 15 is 0 Å². The van der Waals surface area contributed by atoms with E-state index in [-0.39, 0.29) is 5.91 Å². The Bertz CT molecular complexity index is 1160. The number of carbonyl (C=O) groups is 1. The van der Waals surface area contributed by atoms with Crippen molar-refractivity contribution < 1.29 is 4.79 Å². The third kappa shape index (κ3) is 3.81. The smallest absolute Gasteiger partial charge is 0.272 e. The predicted octanol–water partition coefficient (Wildman–Crippen LogP) is 4.11. The highest BCUT2D eigenvalue weighted by Crippen LogP contribution is 2.23. The number of carbonyl (C=O) groups excluding carboxylic acids is 1. The van der Waals surface area contributed by atoms with Crippen LogP contribution in [0.5, 0.6) is 0 Å². The van der Waals surface area contributed by atoms with Gasteiger partial charge in [-0.15, -0.1) is 0 Å². The molecule has 3 heterocycles. The van der Waals surface area contributed by atoms with Gasteiger partial charge in [-0.05, 0) is 30.9 Å². The highest BCUT2D eigenvalue weighted by molar-refractivity contribution is 5.94. The van der Waals surface area contributed by atoms with Crippen LogP contribution in [0.15, 0.2) is 66.7 Å². The van der Waals surface area contributed by atoms with Gasteiger partial charge >= 0.3 is 0 Å². The van der Waals surface area contributed by atoms with Gasteiger partial charge in [-0.2, -0.15) is 5.10 Å². The standard InChI is InChI=1S/C24H23N5O/c30-24(21-11-10-18-6-4-5-9-20(18)25-21)29-14-12-17(13-15-29)16-22-26-23(28-27-22)19-7-2-1-3-8-19/h1-11,17H,12-16H2,(H,26,27,28). The minimum atomic E-state index is 0.0187. The molecule has 150 valence electrons. The summed E-state index contributed by atoms with van der Waals surface area (Å²) >= 11 is 0. The summed E-state index contributed by atoms with van der Waals surface area (Å²) in [6.45, 7) is 1.50. The number of aromatic amines is 1. The molecular formula is C24H23N5O. The average Bonchev–Trinajstić information content (AvgIpc) is 3.28. The van der Waals surface area contributed by atoms with E-state index in [0.717, 1.165) is 60.5 Å².